The summed E-state index contributed by atoms with van der Waals surface area (Å²) in [7, 11) is 3.14. The highest BCUT2D eigenvalue weighted by molar-refractivity contribution is 5.80. The van der Waals surface area contributed by atoms with Gasteiger partial charge in [-0.15, -0.1) is 0 Å². The molecule has 28 heavy (non-hydrogen) atoms. The van der Waals surface area contributed by atoms with Crippen LogP contribution in [0.25, 0.3) is 0 Å². The first kappa shape index (κ1) is 23.3. The van der Waals surface area contributed by atoms with E-state index in [1.807, 2.05) is 25.1 Å². The molecule has 0 unspecified atom stereocenters. The zero-order valence-electron chi connectivity index (χ0n) is 16.8. The van der Waals surface area contributed by atoms with Crippen molar-refractivity contribution in [1.29, 1.82) is 0 Å². The van der Waals surface area contributed by atoms with Crippen molar-refractivity contribution in [2.45, 2.75) is 39.0 Å². The molecular weight excluding hydrogens is 364 g/mol. The highest BCUT2D eigenvalue weighted by Crippen LogP contribution is 2.28. The lowest BCUT2D eigenvalue weighted by molar-refractivity contribution is -0.138. The molecule has 0 aromatic heterocycles. The lowest BCUT2D eigenvalue weighted by Crippen LogP contribution is -2.39. The Morgan fingerprint density at radius 3 is 2.36 bits per heavy atom. The molecule has 0 aliphatic heterocycles. The van der Waals surface area contributed by atoms with E-state index in [0.29, 0.717) is 44.0 Å². The normalized spacial score (nSPS) is 10.2. The fourth-order valence-electron chi connectivity index (χ4n) is 2.72. The molecule has 1 aromatic rings. The van der Waals surface area contributed by atoms with E-state index in [-0.39, 0.29) is 24.7 Å². The molecule has 2 N–H and O–H groups in total. The maximum absolute atomic E-state index is 12.6. The second kappa shape index (κ2) is 12.6. The van der Waals surface area contributed by atoms with Crippen molar-refractivity contribution < 1.29 is 29.0 Å². The fraction of sp³-hybridized carbons (Fsp3) is 0.550. The van der Waals surface area contributed by atoms with Crippen LogP contribution in [-0.2, 0) is 20.8 Å². The second-order valence-corrected chi connectivity index (χ2v) is 6.31. The number of ether oxygens (including phenoxy) is 2. The number of aliphatic carboxylic acids is 1. The molecule has 0 heterocycles. The molecule has 2 amide bonds. The lowest BCUT2D eigenvalue weighted by atomic mass is 10.1. The molecule has 0 atom stereocenters. The van der Waals surface area contributed by atoms with Crippen molar-refractivity contribution in [3.8, 4) is 11.5 Å². The van der Waals surface area contributed by atoms with Gasteiger partial charge in [0.2, 0.25) is 11.8 Å². The summed E-state index contributed by atoms with van der Waals surface area (Å²) in [6.07, 6.45) is 1.48. The minimum atomic E-state index is -1.01. The summed E-state index contributed by atoms with van der Waals surface area (Å²) in [6, 6.07) is 5.58. The summed E-state index contributed by atoms with van der Waals surface area (Å²) in [6.45, 7) is 3.30. The van der Waals surface area contributed by atoms with Gasteiger partial charge in [0.05, 0.1) is 20.6 Å². The zero-order chi connectivity index (χ0) is 20.9. The molecule has 1 rings (SSSR count). The minimum Gasteiger partial charge on any atom is -0.493 e. The first-order chi connectivity index (χ1) is 13.4. The second-order valence-electron chi connectivity index (χ2n) is 6.31. The van der Waals surface area contributed by atoms with E-state index in [1.54, 1.807) is 19.1 Å². The Kier molecular flexibility index (Phi) is 10.5. The molecule has 1 aromatic carbocycles. The zero-order valence-corrected chi connectivity index (χ0v) is 16.8. The molecule has 8 nitrogen and oxygen atoms in total. The summed E-state index contributed by atoms with van der Waals surface area (Å²) in [5.74, 6) is -0.0492. The molecule has 0 bridgehead atoms. The largest absolute Gasteiger partial charge is 0.493 e. The maximum atomic E-state index is 12.6. The topological polar surface area (TPSA) is 105 Å². The first-order valence-corrected chi connectivity index (χ1v) is 9.38. The molecule has 0 spiro atoms. The molecule has 0 radical (unpaired) electrons. The molecule has 156 valence electrons. The highest BCUT2D eigenvalue weighted by Gasteiger charge is 2.14. The average molecular weight is 394 g/mol. The van der Waals surface area contributed by atoms with Crippen LogP contribution in [0.15, 0.2) is 18.2 Å². The predicted molar refractivity (Wildman–Crippen MR) is 105 cm³/mol. The molecule has 0 saturated heterocycles. The Balaban J connectivity index is 2.51. The molecule has 0 aliphatic carbocycles. The van der Waals surface area contributed by atoms with Gasteiger partial charge >= 0.3 is 5.97 Å². The van der Waals surface area contributed by atoms with E-state index < -0.39 is 5.97 Å². The number of carbonyl (C=O) groups excluding carboxylic acids is 2. The fourth-order valence-corrected chi connectivity index (χ4v) is 2.72. The Morgan fingerprint density at radius 1 is 1.04 bits per heavy atom. The summed E-state index contributed by atoms with van der Waals surface area (Å²) < 4.78 is 10.5. The van der Waals surface area contributed by atoms with Crippen LogP contribution in [-0.4, -0.2) is 61.6 Å². The van der Waals surface area contributed by atoms with E-state index in [0.717, 1.165) is 12.0 Å². The number of methoxy groups -OCH3 is 2. The van der Waals surface area contributed by atoms with Crippen molar-refractivity contribution in [2.24, 2.45) is 0 Å². The number of hydrogen-bond donors (Lipinski definition) is 2. The highest BCUT2D eigenvalue weighted by atomic mass is 16.5. The van der Waals surface area contributed by atoms with Gasteiger partial charge in [-0.05, 0) is 30.5 Å². The third-order valence-electron chi connectivity index (χ3n) is 4.19. The number of aryl methyl sites for hydroxylation is 1. The number of carboxylic acids is 1. The van der Waals surface area contributed by atoms with Gasteiger partial charge in [-0.2, -0.15) is 0 Å². The van der Waals surface area contributed by atoms with Crippen LogP contribution in [0.4, 0.5) is 0 Å². The number of benzene rings is 1. The standard InChI is InChI=1S/C20H30N2O6/c1-4-12-22(13-11-21-18(23)8-10-20(25)26)19(24)9-6-15-5-7-16(27-2)17(14-15)28-3/h5,7,14H,4,6,8-13H2,1-3H3,(H,21,23)(H,25,26). The van der Waals surface area contributed by atoms with Gasteiger partial charge in [-0.1, -0.05) is 13.0 Å². The Bertz CT molecular complexity index is 662. The summed E-state index contributed by atoms with van der Waals surface area (Å²) in [5.41, 5.74) is 0.976. The monoisotopic (exact) mass is 394 g/mol. The van der Waals surface area contributed by atoms with Gasteiger partial charge in [-0.25, -0.2) is 0 Å². The SMILES string of the molecule is CCCN(CCNC(=O)CCC(=O)O)C(=O)CCc1ccc(OC)c(OC)c1. The van der Waals surface area contributed by atoms with Crippen LogP contribution in [0.2, 0.25) is 0 Å². The van der Waals surface area contributed by atoms with Gasteiger partial charge in [0.25, 0.3) is 0 Å². The van der Waals surface area contributed by atoms with Crippen LogP contribution < -0.4 is 14.8 Å². The molecule has 0 fully saturated rings. The first-order valence-electron chi connectivity index (χ1n) is 9.38. The van der Waals surface area contributed by atoms with Gasteiger partial charge in [0, 0.05) is 32.5 Å². The number of hydrogen-bond acceptors (Lipinski definition) is 5. The quantitative estimate of drug-likeness (QED) is 0.529. The van der Waals surface area contributed by atoms with Crippen LogP contribution >= 0.6 is 0 Å². The van der Waals surface area contributed by atoms with Gasteiger partial charge < -0.3 is 24.8 Å². The Labute approximate surface area is 165 Å². The lowest BCUT2D eigenvalue weighted by Gasteiger charge is -2.22. The van der Waals surface area contributed by atoms with Crippen LogP contribution in [0.5, 0.6) is 11.5 Å². The Hall–Kier alpha value is -2.77. The number of nitrogens with one attached hydrogen (secondary N) is 1. The van der Waals surface area contributed by atoms with Crippen molar-refractivity contribution in [3.63, 3.8) is 0 Å². The molecule has 0 aliphatic rings. The van der Waals surface area contributed by atoms with E-state index in [4.69, 9.17) is 14.6 Å². The Morgan fingerprint density at radius 2 is 1.75 bits per heavy atom. The molecule has 8 heteroatoms. The van der Waals surface area contributed by atoms with Crippen molar-refractivity contribution in [1.82, 2.24) is 10.2 Å². The van der Waals surface area contributed by atoms with Crippen LogP contribution in [0.1, 0.15) is 38.2 Å². The number of nitrogens with zero attached hydrogens (tertiary/aromatic N) is 1. The van der Waals surface area contributed by atoms with Crippen LogP contribution in [0, 0.1) is 0 Å². The number of rotatable bonds is 13. The number of carboxylic acid groups (broad SMARTS) is 1. The van der Waals surface area contributed by atoms with Gasteiger partial charge in [0.15, 0.2) is 11.5 Å². The van der Waals surface area contributed by atoms with E-state index >= 15 is 0 Å². The maximum Gasteiger partial charge on any atom is 0.303 e. The summed E-state index contributed by atoms with van der Waals surface area (Å²) in [5, 5.41) is 11.2. The third kappa shape index (κ3) is 8.28. The van der Waals surface area contributed by atoms with Crippen LogP contribution in [0.3, 0.4) is 0 Å². The van der Waals surface area contributed by atoms with E-state index in [1.165, 1.54) is 0 Å². The number of amides is 2. The predicted octanol–water partition coefficient (Wildman–Crippen LogP) is 1.86. The van der Waals surface area contributed by atoms with Crippen molar-refractivity contribution >= 4 is 17.8 Å². The average Bonchev–Trinajstić information content (AvgIpc) is 2.69. The van der Waals surface area contributed by atoms with Crippen molar-refractivity contribution in [2.75, 3.05) is 33.9 Å². The van der Waals surface area contributed by atoms with Gasteiger partial charge in [0.1, 0.15) is 0 Å². The molecule has 0 saturated carbocycles. The third-order valence-corrected chi connectivity index (χ3v) is 4.19. The number of carbonyl (C=O) groups is 3. The molecular formula is C20H30N2O6. The van der Waals surface area contributed by atoms with Crippen molar-refractivity contribution in [3.05, 3.63) is 23.8 Å². The summed E-state index contributed by atoms with van der Waals surface area (Å²) in [4.78, 5) is 36.3. The van der Waals surface area contributed by atoms with Gasteiger partial charge in [-0.3, -0.25) is 14.4 Å². The smallest absolute Gasteiger partial charge is 0.303 e. The summed E-state index contributed by atoms with van der Waals surface area (Å²) >= 11 is 0. The van der Waals surface area contributed by atoms with E-state index in [2.05, 4.69) is 5.32 Å². The minimum absolute atomic E-state index is 0.0106. The van der Waals surface area contributed by atoms with E-state index in [9.17, 15) is 14.4 Å².